The summed E-state index contributed by atoms with van der Waals surface area (Å²) in [5.41, 5.74) is 5.65. The van der Waals surface area contributed by atoms with Crippen LogP contribution in [0.15, 0.2) is 36.7 Å². The maximum atomic E-state index is 5.85. The molecule has 4 nitrogen and oxygen atoms in total. The minimum absolute atomic E-state index is 0.185. The van der Waals surface area contributed by atoms with Gasteiger partial charge in [-0.25, -0.2) is 9.97 Å². The van der Waals surface area contributed by atoms with Crippen LogP contribution in [-0.4, -0.2) is 9.97 Å². The lowest BCUT2D eigenvalue weighted by Crippen LogP contribution is -2.09. The maximum absolute atomic E-state index is 5.85. The van der Waals surface area contributed by atoms with Gasteiger partial charge in [0, 0.05) is 5.02 Å². The first kappa shape index (κ1) is 11.8. The standard InChI is InChI=1S/C12H12ClN3O/c1-8(14)12-15-6-11(7-16-12)17-10-4-2-3-9(13)5-10/h2-8H,14H2,1H3. The predicted molar refractivity (Wildman–Crippen MR) is 66.2 cm³/mol. The van der Waals surface area contributed by atoms with E-state index in [1.54, 1.807) is 24.5 Å². The fourth-order valence-electron chi connectivity index (χ4n) is 1.28. The second-order valence-electron chi connectivity index (χ2n) is 3.63. The van der Waals surface area contributed by atoms with Gasteiger partial charge in [-0.3, -0.25) is 0 Å². The van der Waals surface area contributed by atoms with Gasteiger partial charge in [0.15, 0.2) is 5.75 Å². The van der Waals surface area contributed by atoms with E-state index in [1.165, 1.54) is 0 Å². The van der Waals surface area contributed by atoms with Crippen LogP contribution in [0, 0.1) is 0 Å². The molecule has 2 rings (SSSR count). The van der Waals surface area contributed by atoms with Gasteiger partial charge in [0.1, 0.15) is 11.6 Å². The molecule has 0 aliphatic heterocycles. The Labute approximate surface area is 104 Å². The first-order valence-corrected chi connectivity index (χ1v) is 5.54. The Bertz CT molecular complexity index is 499. The maximum Gasteiger partial charge on any atom is 0.164 e. The number of rotatable bonds is 3. The van der Waals surface area contributed by atoms with Crippen molar-refractivity contribution < 1.29 is 4.74 Å². The zero-order valence-corrected chi connectivity index (χ0v) is 10.1. The predicted octanol–water partition coefficient (Wildman–Crippen LogP) is 2.94. The van der Waals surface area contributed by atoms with E-state index in [-0.39, 0.29) is 6.04 Å². The number of ether oxygens (including phenoxy) is 1. The molecule has 0 amide bonds. The Morgan fingerprint density at radius 2 is 1.94 bits per heavy atom. The van der Waals surface area contributed by atoms with Crippen molar-refractivity contribution >= 4 is 11.6 Å². The summed E-state index contributed by atoms with van der Waals surface area (Å²) in [6, 6.07) is 6.95. The highest BCUT2D eigenvalue weighted by atomic mass is 35.5. The van der Waals surface area contributed by atoms with E-state index in [0.29, 0.717) is 22.3 Å². The van der Waals surface area contributed by atoms with Crippen molar-refractivity contribution in [3.8, 4) is 11.5 Å². The average molecular weight is 250 g/mol. The minimum Gasteiger partial charge on any atom is -0.454 e. The van der Waals surface area contributed by atoms with Gasteiger partial charge in [-0.05, 0) is 25.1 Å². The third kappa shape index (κ3) is 3.15. The van der Waals surface area contributed by atoms with Crippen molar-refractivity contribution in [3.05, 3.63) is 47.5 Å². The summed E-state index contributed by atoms with van der Waals surface area (Å²) in [5, 5.41) is 0.621. The monoisotopic (exact) mass is 249 g/mol. The van der Waals surface area contributed by atoms with Crippen LogP contribution >= 0.6 is 11.6 Å². The van der Waals surface area contributed by atoms with Gasteiger partial charge in [0.2, 0.25) is 0 Å². The van der Waals surface area contributed by atoms with Crippen molar-refractivity contribution in [2.45, 2.75) is 13.0 Å². The lowest BCUT2D eigenvalue weighted by Gasteiger charge is -2.07. The molecule has 0 saturated carbocycles. The van der Waals surface area contributed by atoms with Crippen molar-refractivity contribution in [1.29, 1.82) is 0 Å². The van der Waals surface area contributed by atoms with Gasteiger partial charge in [0.05, 0.1) is 18.4 Å². The zero-order valence-electron chi connectivity index (χ0n) is 9.30. The fourth-order valence-corrected chi connectivity index (χ4v) is 1.46. The van der Waals surface area contributed by atoms with Crippen LogP contribution < -0.4 is 10.5 Å². The largest absolute Gasteiger partial charge is 0.454 e. The lowest BCUT2D eigenvalue weighted by atomic mass is 10.3. The third-order valence-electron chi connectivity index (χ3n) is 2.09. The molecule has 17 heavy (non-hydrogen) atoms. The first-order chi connectivity index (χ1) is 8.15. The molecule has 0 fully saturated rings. The number of benzene rings is 1. The molecule has 88 valence electrons. The molecule has 1 aromatic heterocycles. The van der Waals surface area contributed by atoms with Crippen molar-refractivity contribution in [3.63, 3.8) is 0 Å². The minimum atomic E-state index is -0.185. The quantitative estimate of drug-likeness (QED) is 0.909. The van der Waals surface area contributed by atoms with Crippen LogP contribution in [-0.2, 0) is 0 Å². The highest BCUT2D eigenvalue weighted by Gasteiger charge is 2.04. The summed E-state index contributed by atoms with van der Waals surface area (Å²) in [5.74, 6) is 1.79. The number of halogens is 1. The summed E-state index contributed by atoms with van der Waals surface area (Å²) in [6.45, 7) is 1.83. The Balaban J connectivity index is 2.14. The lowest BCUT2D eigenvalue weighted by molar-refractivity contribution is 0.475. The second kappa shape index (κ2) is 5.12. The molecule has 0 bridgehead atoms. The molecule has 0 spiro atoms. The molecule has 1 aromatic carbocycles. The number of hydrogen-bond donors (Lipinski definition) is 1. The normalized spacial score (nSPS) is 12.2. The van der Waals surface area contributed by atoms with Crippen LogP contribution in [0.4, 0.5) is 0 Å². The molecular formula is C12H12ClN3O. The number of aromatic nitrogens is 2. The van der Waals surface area contributed by atoms with Gasteiger partial charge < -0.3 is 10.5 Å². The Morgan fingerprint density at radius 1 is 1.24 bits per heavy atom. The van der Waals surface area contributed by atoms with Crippen molar-refractivity contribution in [1.82, 2.24) is 9.97 Å². The van der Waals surface area contributed by atoms with Gasteiger partial charge >= 0.3 is 0 Å². The molecule has 0 aliphatic carbocycles. The van der Waals surface area contributed by atoms with Crippen LogP contribution in [0.25, 0.3) is 0 Å². The first-order valence-electron chi connectivity index (χ1n) is 5.16. The summed E-state index contributed by atoms with van der Waals surface area (Å²) < 4.78 is 5.54. The fraction of sp³-hybridized carbons (Fsp3) is 0.167. The SMILES string of the molecule is CC(N)c1ncc(Oc2cccc(Cl)c2)cn1. The number of nitrogens with zero attached hydrogens (tertiary/aromatic N) is 2. The van der Waals surface area contributed by atoms with Gasteiger partial charge in [-0.2, -0.15) is 0 Å². The van der Waals surface area contributed by atoms with Crippen molar-refractivity contribution in [2.75, 3.05) is 0 Å². The molecular weight excluding hydrogens is 238 g/mol. The summed E-state index contributed by atoms with van der Waals surface area (Å²) in [4.78, 5) is 8.21. The van der Waals surface area contributed by atoms with Crippen LogP contribution in [0.2, 0.25) is 5.02 Å². The molecule has 0 radical (unpaired) electrons. The summed E-state index contributed by atoms with van der Waals surface area (Å²) in [7, 11) is 0. The smallest absolute Gasteiger partial charge is 0.164 e. The van der Waals surface area contributed by atoms with E-state index in [4.69, 9.17) is 22.1 Å². The van der Waals surface area contributed by atoms with E-state index in [2.05, 4.69) is 9.97 Å². The molecule has 0 saturated heterocycles. The highest BCUT2D eigenvalue weighted by molar-refractivity contribution is 6.30. The third-order valence-corrected chi connectivity index (χ3v) is 2.32. The molecule has 1 unspecified atom stereocenters. The Kier molecular flexibility index (Phi) is 3.56. The second-order valence-corrected chi connectivity index (χ2v) is 4.06. The van der Waals surface area contributed by atoms with Crippen molar-refractivity contribution in [2.24, 2.45) is 5.73 Å². The highest BCUT2D eigenvalue weighted by Crippen LogP contribution is 2.23. The molecule has 1 atom stereocenters. The van der Waals surface area contributed by atoms with Gasteiger partial charge in [-0.15, -0.1) is 0 Å². The van der Waals surface area contributed by atoms with E-state index in [1.807, 2.05) is 19.1 Å². The topological polar surface area (TPSA) is 61.0 Å². The van der Waals surface area contributed by atoms with Crippen LogP contribution in [0.5, 0.6) is 11.5 Å². The molecule has 2 N–H and O–H groups in total. The van der Waals surface area contributed by atoms with E-state index >= 15 is 0 Å². The van der Waals surface area contributed by atoms with Gasteiger partial charge in [-0.1, -0.05) is 17.7 Å². The van der Waals surface area contributed by atoms with Crippen LogP contribution in [0.1, 0.15) is 18.8 Å². The Hall–Kier alpha value is -1.65. The van der Waals surface area contributed by atoms with Gasteiger partial charge in [0.25, 0.3) is 0 Å². The Morgan fingerprint density at radius 3 is 2.53 bits per heavy atom. The molecule has 2 aromatic rings. The van der Waals surface area contributed by atoms with Crippen LogP contribution in [0.3, 0.4) is 0 Å². The molecule has 5 heteroatoms. The summed E-state index contributed by atoms with van der Waals surface area (Å²) >= 11 is 5.85. The summed E-state index contributed by atoms with van der Waals surface area (Å²) in [6.07, 6.45) is 3.18. The number of nitrogens with two attached hydrogens (primary N) is 1. The van der Waals surface area contributed by atoms with E-state index < -0.39 is 0 Å². The van der Waals surface area contributed by atoms with E-state index in [0.717, 1.165) is 0 Å². The molecule has 1 heterocycles. The van der Waals surface area contributed by atoms with E-state index in [9.17, 15) is 0 Å². The average Bonchev–Trinajstić information content (AvgIpc) is 2.29. The number of hydrogen-bond acceptors (Lipinski definition) is 4. The molecule has 0 aliphatic rings. The zero-order chi connectivity index (χ0) is 12.3.